The zero-order valence-electron chi connectivity index (χ0n) is 15.1. The van der Waals surface area contributed by atoms with Gasteiger partial charge in [0.25, 0.3) is 15.9 Å². The second-order valence-corrected chi connectivity index (χ2v) is 8.43. The predicted octanol–water partition coefficient (Wildman–Crippen LogP) is 4.38. The molecule has 0 aliphatic rings. The Kier molecular flexibility index (Phi) is 6.02. The van der Waals surface area contributed by atoms with Gasteiger partial charge in [-0.25, -0.2) is 8.42 Å². The molecule has 0 fully saturated rings. The van der Waals surface area contributed by atoms with Gasteiger partial charge < -0.3 is 5.32 Å². The maximum Gasteiger partial charge on any atom is 0.261 e. The fourth-order valence-electron chi connectivity index (χ4n) is 2.66. The molecule has 3 aromatic carbocycles. The van der Waals surface area contributed by atoms with Crippen molar-refractivity contribution in [3.63, 3.8) is 0 Å². The molecular formula is C21H19ClN2O3S. The summed E-state index contributed by atoms with van der Waals surface area (Å²) in [5.74, 6) is -0.368. The Labute approximate surface area is 169 Å². The van der Waals surface area contributed by atoms with Crippen LogP contribution in [0.2, 0.25) is 5.02 Å². The molecule has 0 unspecified atom stereocenters. The van der Waals surface area contributed by atoms with Crippen LogP contribution in [0.1, 0.15) is 21.5 Å². The number of carbonyl (C=O) groups is 1. The molecule has 3 aromatic rings. The van der Waals surface area contributed by atoms with Crippen molar-refractivity contribution in [1.29, 1.82) is 0 Å². The summed E-state index contributed by atoms with van der Waals surface area (Å²) in [6.45, 7) is 2.17. The lowest BCUT2D eigenvalue weighted by Crippen LogP contribution is -2.23. The highest BCUT2D eigenvalue weighted by molar-refractivity contribution is 7.92. The normalized spacial score (nSPS) is 11.1. The minimum Gasteiger partial charge on any atom is -0.348 e. The van der Waals surface area contributed by atoms with E-state index < -0.39 is 10.0 Å². The van der Waals surface area contributed by atoms with E-state index in [-0.39, 0.29) is 22.9 Å². The third kappa shape index (κ3) is 5.12. The molecule has 144 valence electrons. The summed E-state index contributed by atoms with van der Waals surface area (Å²) in [5, 5.41) is 3.35. The summed E-state index contributed by atoms with van der Waals surface area (Å²) >= 11 is 5.94. The van der Waals surface area contributed by atoms with Gasteiger partial charge in [0.1, 0.15) is 0 Å². The van der Waals surface area contributed by atoms with Gasteiger partial charge in [-0.05, 0) is 60.5 Å². The zero-order chi connectivity index (χ0) is 20.1. The minimum atomic E-state index is -3.81. The lowest BCUT2D eigenvalue weighted by molar-refractivity contribution is 0.0950. The number of sulfonamides is 1. The number of amides is 1. The first-order valence-corrected chi connectivity index (χ1v) is 10.4. The van der Waals surface area contributed by atoms with E-state index in [0.717, 1.165) is 11.1 Å². The minimum absolute atomic E-state index is 0.0180. The van der Waals surface area contributed by atoms with Gasteiger partial charge in [0.15, 0.2) is 0 Å². The Hall–Kier alpha value is -2.83. The molecular weight excluding hydrogens is 396 g/mol. The summed E-state index contributed by atoms with van der Waals surface area (Å²) in [7, 11) is -3.81. The molecule has 0 spiro atoms. The van der Waals surface area contributed by atoms with Crippen molar-refractivity contribution < 1.29 is 13.2 Å². The molecule has 0 aliphatic carbocycles. The number of aryl methyl sites for hydroxylation is 1. The van der Waals surface area contributed by atoms with Crippen molar-refractivity contribution in [3.8, 4) is 0 Å². The number of hydrogen-bond acceptors (Lipinski definition) is 3. The van der Waals surface area contributed by atoms with Gasteiger partial charge in [0, 0.05) is 22.8 Å². The summed E-state index contributed by atoms with van der Waals surface area (Å²) in [6, 6.07) is 20.1. The van der Waals surface area contributed by atoms with Crippen LogP contribution >= 0.6 is 11.6 Å². The first-order valence-electron chi connectivity index (χ1n) is 8.56. The van der Waals surface area contributed by atoms with Crippen molar-refractivity contribution >= 4 is 33.2 Å². The summed E-state index contributed by atoms with van der Waals surface area (Å²) < 4.78 is 27.8. The van der Waals surface area contributed by atoms with Gasteiger partial charge in [-0.3, -0.25) is 9.52 Å². The smallest absolute Gasteiger partial charge is 0.261 e. The van der Waals surface area contributed by atoms with Crippen LogP contribution in [-0.4, -0.2) is 14.3 Å². The van der Waals surface area contributed by atoms with E-state index in [2.05, 4.69) is 10.0 Å². The molecule has 7 heteroatoms. The Morgan fingerprint density at radius 3 is 2.46 bits per heavy atom. The SMILES string of the molecule is Cc1cccc(NS(=O)(=O)c2cccc(C(=O)NCc3cccc(Cl)c3)c2)c1. The molecule has 0 aliphatic heterocycles. The van der Waals surface area contributed by atoms with Crippen LogP contribution < -0.4 is 10.0 Å². The summed E-state index contributed by atoms with van der Waals surface area (Å²) in [6.07, 6.45) is 0. The second-order valence-electron chi connectivity index (χ2n) is 6.32. The van der Waals surface area contributed by atoms with E-state index in [1.54, 1.807) is 48.5 Å². The van der Waals surface area contributed by atoms with Crippen molar-refractivity contribution in [2.75, 3.05) is 4.72 Å². The summed E-state index contributed by atoms with van der Waals surface area (Å²) in [4.78, 5) is 12.4. The predicted molar refractivity (Wildman–Crippen MR) is 111 cm³/mol. The van der Waals surface area contributed by atoms with Crippen LogP contribution in [0, 0.1) is 6.92 Å². The molecule has 0 saturated carbocycles. The maximum absolute atomic E-state index is 12.6. The largest absolute Gasteiger partial charge is 0.348 e. The van der Waals surface area contributed by atoms with Gasteiger partial charge in [-0.2, -0.15) is 0 Å². The lowest BCUT2D eigenvalue weighted by atomic mass is 10.2. The van der Waals surface area contributed by atoms with E-state index >= 15 is 0 Å². The summed E-state index contributed by atoms with van der Waals surface area (Å²) in [5.41, 5.74) is 2.52. The maximum atomic E-state index is 12.6. The highest BCUT2D eigenvalue weighted by Gasteiger charge is 2.16. The van der Waals surface area contributed by atoms with Crippen LogP contribution in [0.25, 0.3) is 0 Å². The number of carbonyl (C=O) groups excluding carboxylic acids is 1. The number of halogens is 1. The molecule has 28 heavy (non-hydrogen) atoms. The average molecular weight is 415 g/mol. The molecule has 0 radical (unpaired) electrons. The van der Waals surface area contributed by atoms with E-state index in [1.165, 1.54) is 12.1 Å². The number of benzene rings is 3. The topological polar surface area (TPSA) is 75.3 Å². The molecule has 0 atom stereocenters. The molecule has 1 amide bonds. The van der Waals surface area contributed by atoms with E-state index in [4.69, 9.17) is 11.6 Å². The second kappa shape index (κ2) is 8.46. The van der Waals surface area contributed by atoms with Crippen molar-refractivity contribution in [2.24, 2.45) is 0 Å². The van der Waals surface area contributed by atoms with E-state index in [1.807, 2.05) is 19.1 Å². The standard InChI is InChI=1S/C21H19ClN2O3S/c1-15-5-2-9-19(11-15)24-28(26,27)20-10-4-7-17(13-20)21(25)23-14-16-6-3-8-18(22)12-16/h2-13,24H,14H2,1H3,(H,23,25). The Morgan fingerprint density at radius 2 is 1.71 bits per heavy atom. The quantitative estimate of drug-likeness (QED) is 0.628. The van der Waals surface area contributed by atoms with Crippen LogP contribution in [0.15, 0.2) is 77.7 Å². The first-order chi connectivity index (χ1) is 13.3. The van der Waals surface area contributed by atoms with Gasteiger partial charge >= 0.3 is 0 Å². The highest BCUT2D eigenvalue weighted by atomic mass is 35.5. The van der Waals surface area contributed by atoms with Gasteiger partial charge in [0.05, 0.1) is 4.90 Å². The fourth-order valence-corrected chi connectivity index (χ4v) is 3.97. The number of nitrogens with one attached hydrogen (secondary N) is 2. The molecule has 3 rings (SSSR count). The third-order valence-electron chi connectivity index (χ3n) is 4.02. The van der Waals surface area contributed by atoms with Crippen LogP contribution in [-0.2, 0) is 16.6 Å². The number of rotatable bonds is 6. The van der Waals surface area contributed by atoms with Gasteiger partial charge in [-0.1, -0.05) is 41.9 Å². The molecule has 2 N–H and O–H groups in total. The van der Waals surface area contributed by atoms with Crippen LogP contribution in [0.3, 0.4) is 0 Å². The lowest BCUT2D eigenvalue weighted by Gasteiger charge is -2.10. The van der Waals surface area contributed by atoms with Gasteiger partial charge in [-0.15, -0.1) is 0 Å². The molecule has 0 aromatic heterocycles. The molecule has 0 bridgehead atoms. The van der Waals surface area contributed by atoms with Crippen molar-refractivity contribution in [2.45, 2.75) is 18.4 Å². The van der Waals surface area contributed by atoms with Crippen molar-refractivity contribution in [1.82, 2.24) is 5.32 Å². The van der Waals surface area contributed by atoms with Crippen LogP contribution in [0.4, 0.5) is 5.69 Å². The monoisotopic (exact) mass is 414 g/mol. The Morgan fingerprint density at radius 1 is 0.964 bits per heavy atom. The molecule has 5 nitrogen and oxygen atoms in total. The van der Waals surface area contributed by atoms with Gasteiger partial charge in [0.2, 0.25) is 0 Å². The number of hydrogen-bond donors (Lipinski definition) is 2. The number of anilines is 1. The zero-order valence-corrected chi connectivity index (χ0v) is 16.7. The van der Waals surface area contributed by atoms with E-state index in [0.29, 0.717) is 10.7 Å². The molecule has 0 saturated heterocycles. The Balaban J connectivity index is 1.74. The van der Waals surface area contributed by atoms with Crippen LogP contribution in [0.5, 0.6) is 0 Å². The third-order valence-corrected chi connectivity index (χ3v) is 5.63. The average Bonchev–Trinajstić information content (AvgIpc) is 2.66. The van der Waals surface area contributed by atoms with Crippen molar-refractivity contribution in [3.05, 3.63) is 94.5 Å². The Bertz CT molecular complexity index is 1110. The molecule has 0 heterocycles. The highest BCUT2D eigenvalue weighted by Crippen LogP contribution is 2.18. The fraction of sp³-hybridized carbons (Fsp3) is 0.0952. The van der Waals surface area contributed by atoms with E-state index in [9.17, 15) is 13.2 Å². The first kappa shape index (κ1) is 19.9.